The Balaban J connectivity index is 1.59. The Hall–Kier alpha value is -1.51. The van der Waals surface area contributed by atoms with Crippen molar-refractivity contribution in [2.24, 2.45) is 0 Å². The predicted molar refractivity (Wildman–Crippen MR) is 91.6 cm³/mol. The van der Waals surface area contributed by atoms with E-state index in [0.29, 0.717) is 17.7 Å². The van der Waals surface area contributed by atoms with Crippen LogP contribution in [0.1, 0.15) is 30.4 Å². The molecule has 0 amide bonds. The molecule has 0 spiro atoms. The van der Waals surface area contributed by atoms with E-state index in [2.05, 4.69) is 23.5 Å². The van der Waals surface area contributed by atoms with E-state index in [9.17, 15) is 0 Å². The first-order chi connectivity index (χ1) is 10.8. The summed E-state index contributed by atoms with van der Waals surface area (Å²) in [6.45, 7) is 1.68. The first kappa shape index (κ1) is 15.4. The maximum absolute atomic E-state index is 6.37. The first-order valence-corrected chi connectivity index (χ1v) is 8.37. The second kappa shape index (κ2) is 7.66. The van der Waals surface area contributed by atoms with Crippen LogP contribution in [0.25, 0.3) is 0 Å². The summed E-state index contributed by atoms with van der Waals surface area (Å²) in [6, 6.07) is 16.9. The summed E-state index contributed by atoms with van der Waals surface area (Å²) in [7, 11) is 0. The Morgan fingerprint density at radius 3 is 2.64 bits per heavy atom. The molecule has 1 unspecified atom stereocenters. The molecule has 0 bridgehead atoms. The molecule has 0 radical (unpaired) electrons. The smallest absolute Gasteiger partial charge is 0.138 e. The minimum absolute atomic E-state index is 0.546. The van der Waals surface area contributed by atoms with Crippen LogP contribution in [-0.4, -0.2) is 12.6 Å². The van der Waals surface area contributed by atoms with Gasteiger partial charge in [0.2, 0.25) is 0 Å². The number of halogens is 1. The lowest BCUT2D eigenvalue weighted by Gasteiger charge is -2.23. The van der Waals surface area contributed by atoms with Gasteiger partial charge in [0, 0.05) is 6.04 Å². The molecular formula is C19H22ClNO. The van der Waals surface area contributed by atoms with Crippen LogP contribution >= 0.6 is 11.6 Å². The minimum atomic E-state index is 0.546. The largest absolute Gasteiger partial charge is 0.487 e. The molecule has 1 fully saturated rings. The van der Waals surface area contributed by atoms with Crippen LogP contribution in [0.3, 0.4) is 0 Å². The number of rotatable bonds is 5. The highest BCUT2D eigenvalue weighted by atomic mass is 35.5. The van der Waals surface area contributed by atoms with E-state index in [1.165, 1.54) is 24.8 Å². The number of hydrogen-bond acceptors (Lipinski definition) is 2. The van der Waals surface area contributed by atoms with Gasteiger partial charge in [0.05, 0.1) is 5.02 Å². The zero-order chi connectivity index (χ0) is 15.2. The van der Waals surface area contributed by atoms with E-state index >= 15 is 0 Å². The van der Waals surface area contributed by atoms with Crippen molar-refractivity contribution < 1.29 is 4.74 Å². The van der Waals surface area contributed by atoms with E-state index < -0.39 is 0 Å². The van der Waals surface area contributed by atoms with Gasteiger partial charge in [-0.1, -0.05) is 54.4 Å². The third kappa shape index (κ3) is 4.25. The van der Waals surface area contributed by atoms with Crippen LogP contribution in [0.4, 0.5) is 0 Å². The van der Waals surface area contributed by atoms with Crippen LogP contribution < -0.4 is 10.1 Å². The minimum Gasteiger partial charge on any atom is -0.487 e. The number of benzene rings is 2. The maximum Gasteiger partial charge on any atom is 0.138 e. The lowest BCUT2D eigenvalue weighted by Crippen LogP contribution is -2.35. The third-order valence-electron chi connectivity index (χ3n) is 4.13. The molecule has 116 valence electrons. The van der Waals surface area contributed by atoms with Crippen molar-refractivity contribution in [3.8, 4) is 5.75 Å². The number of ether oxygens (including phenoxy) is 1. The molecule has 2 nitrogen and oxygen atoms in total. The summed E-state index contributed by atoms with van der Waals surface area (Å²) in [6.07, 6.45) is 4.91. The molecule has 1 heterocycles. The van der Waals surface area contributed by atoms with Gasteiger partial charge in [-0.05, 0) is 49.1 Å². The van der Waals surface area contributed by atoms with Crippen LogP contribution in [0, 0.1) is 0 Å². The van der Waals surface area contributed by atoms with E-state index in [1.54, 1.807) is 0 Å². The van der Waals surface area contributed by atoms with Gasteiger partial charge in [-0.2, -0.15) is 0 Å². The highest BCUT2D eigenvalue weighted by molar-refractivity contribution is 6.32. The molecule has 2 aromatic rings. The summed E-state index contributed by atoms with van der Waals surface area (Å²) < 4.78 is 5.82. The second-order valence-electron chi connectivity index (χ2n) is 5.89. The summed E-state index contributed by atoms with van der Waals surface area (Å²) >= 11 is 6.37. The second-order valence-corrected chi connectivity index (χ2v) is 6.30. The van der Waals surface area contributed by atoms with Crippen LogP contribution in [0.5, 0.6) is 5.75 Å². The molecule has 1 N–H and O–H groups in total. The Kier molecular flexibility index (Phi) is 5.36. The monoisotopic (exact) mass is 315 g/mol. The molecule has 1 atom stereocenters. The lowest BCUT2D eigenvalue weighted by atomic mass is 9.98. The van der Waals surface area contributed by atoms with Gasteiger partial charge in [0.1, 0.15) is 12.4 Å². The Bertz CT molecular complexity index is 594. The zero-order valence-electron chi connectivity index (χ0n) is 12.7. The number of nitrogens with one attached hydrogen (secondary N) is 1. The van der Waals surface area contributed by atoms with E-state index in [4.69, 9.17) is 16.3 Å². The molecule has 0 aliphatic carbocycles. The molecule has 22 heavy (non-hydrogen) atoms. The van der Waals surface area contributed by atoms with Gasteiger partial charge in [0.25, 0.3) is 0 Å². The molecule has 1 aliphatic rings. The Morgan fingerprint density at radius 2 is 1.91 bits per heavy atom. The summed E-state index contributed by atoms with van der Waals surface area (Å²) in [5.41, 5.74) is 2.42. The van der Waals surface area contributed by atoms with Crippen molar-refractivity contribution in [1.82, 2.24) is 5.32 Å². The van der Waals surface area contributed by atoms with E-state index in [0.717, 1.165) is 24.3 Å². The molecule has 1 saturated heterocycles. The molecule has 2 aromatic carbocycles. The maximum atomic E-state index is 6.37. The Morgan fingerprint density at radius 1 is 1.05 bits per heavy atom. The van der Waals surface area contributed by atoms with Crippen LogP contribution in [0.2, 0.25) is 5.02 Å². The van der Waals surface area contributed by atoms with Gasteiger partial charge < -0.3 is 10.1 Å². The Labute approximate surface area is 137 Å². The SMILES string of the molecule is Clc1cc(CC2CCCCN2)ccc1OCc1ccccc1. The highest BCUT2D eigenvalue weighted by Crippen LogP contribution is 2.27. The highest BCUT2D eigenvalue weighted by Gasteiger charge is 2.13. The summed E-state index contributed by atoms with van der Waals surface area (Å²) in [5, 5.41) is 4.27. The fourth-order valence-corrected chi connectivity index (χ4v) is 3.16. The van der Waals surface area contributed by atoms with Gasteiger partial charge >= 0.3 is 0 Å². The number of piperidine rings is 1. The molecular weight excluding hydrogens is 294 g/mol. The molecule has 1 aliphatic heterocycles. The third-order valence-corrected chi connectivity index (χ3v) is 4.42. The van der Waals surface area contributed by atoms with E-state index in [-0.39, 0.29) is 0 Å². The van der Waals surface area contributed by atoms with Crippen LogP contribution in [-0.2, 0) is 13.0 Å². The van der Waals surface area contributed by atoms with Crippen molar-refractivity contribution in [3.63, 3.8) is 0 Å². The quantitative estimate of drug-likeness (QED) is 0.870. The first-order valence-electron chi connectivity index (χ1n) is 8.00. The predicted octanol–water partition coefficient (Wildman–Crippen LogP) is 4.60. The van der Waals surface area contributed by atoms with Crippen molar-refractivity contribution >= 4 is 11.6 Å². The molecule has 0 saturated carbocycles. The van der Waals surface area contributed by atoms with Gasteiger partial charge in [0.15, 0.2) is 0 Å². The molecule has 3 rings (SSSR count). The summed E-state index contributed by atoms with van der Waals surface area (Å²) in [5.74, 6) is 0.755. The normalized spacial score (nSPS) is 18.1. The van der Waals surface area contributed by atoms with Crippen molar-refractivity contribution in [3.05, 3.63) is 64.7 Å². The molecule has 0 aromatic heterocycles. The van der Waals surface area contributed by atoms with E-state index in [1.807, 2.05) is 30.3 Å². The standard InChI is InChI=1S/C19H22ClNO/c20-18-13-16(12-17-8-4-5-11-21-17)9-10-19(18)22-14-15-6-2-1-3-7-15/h1-3,6-7,9-10,13,17,21H,4-5,8,11-12,14H2. The fourth-order valence-electron chi connectivity index (χ4n) is 2.91. The average molecular weight is 316 g/mol. The average Bonchev–Trinajstić information content (AvgIpc) is 2.56. The topological polar surface area (TPSA) is 21.3 Å². The van der Waals surface area contributed by atoms with Crippen LogP contribution in [0.15, 0.2) is 48.5 Å². The van der Waals surface area contributed by atoms with Gasteiger partial charge in [-0.15, -0.1) is 0 Å². The van der Waals surface area contributed by atoms with Crippen molar-refractivity contribution in [2.75, 3.05) is 6.54 Å². The molecule has 3 heteroatoms. The van der Waals surface area contributed by atoms with Crippen molar-refractivity contribution in [2.45, 2.75) is 38.3 Å². The van der Waals surface area contributed by atoms with Gasteiger partial charge in [-0.25, -0.2) is 0 Å². The van der Waals surface area contributed by atoms with Gasteiger partial charge in [-0.3, -0.25) is 0 Å². The summed E-state index contributed by atoms with van der Waals surface area (Å²) in [4.78, 5) is 0. The van der Waals surface area contributed by atoms with Crippen molar-refractivity contribution in [1.29, 1.82) is 0 Å². The fraction of sp³-hybridized carbons (Fsp3) is 0.368. The lowest BCUT2D eigenvalue weighted by molar-refractivity contribution is 0.306. The number of hydrogen-bond donors (Lipinski definition) is 1. The zero-order valence-corrected chi connectivity index (χ0v) is 13.5.